The molecule has 30 heavy (non-hydrogen) atoms. The van der Waals surface area contributed by atoms with Gasteiger partial charge in [0.2, 0.25) is 5.91 Å². The molecule has 2 aliphatic rings. The van der Waals surface area contributed by atoms with Gasteiger partial charge in [-0.2, -0.15) is 5.11 Å². The maximum atomic E-state index is 13.1. The maximum absolute atomic E-state index is 13.1. The number of halogens is 1. The first-order valence-electron chi connectivity index (χ1n) is 9.45. The number of aryl methyl sites for hydroxylation is 2. The molecule has 0 aromatic heterocycles. The standard InChI is InChI=1S/C21H20ClN5O3/c1-11-7-12(2)9-14(8-11)27-20(29)18-19(21(27)30)26(25-24-18)10-17(28)23-16-6-4-5-15(22)13(16)3/h4-9,18-19H,10H2,1-3H3,(H,23,28)/t18-,19-/m0/s1. The molecule has 2 atom stereocenters. The summed E-state index contributed by atoms with van der Waals surface area (Å²) >= 11 is 6.09. The molecule has 1 fully saturated rings. The summed E-state index contributed by atoms with van der Waals surface area (Å²) in [7, 11) is 0. The van der Waals surface area contributed by atoms with E-state index in [1.807, 2.05) is 19.9 Å². The topological polar surface area (TPSA) is 94.4 Å². The number of fused-ring (bicyclic) bond motifs is 1. The van der Waals surface area contributed by atoms with Crippen LogP contribution in [-0.4, -0.2) is 41.4 Å². The molecule has 0 radical (unpaired) electrons. The van der Waals surface area contributed by atoms with Crippen molar-refractivity contribution in [2.75, 3.05) is 16.8 Å². The van der Waals surface area contributed by atoms with E-state index in [4.69, 9.17) is 11.6 Å². The first-order valence-corrected chi connectivity index (χ1v) is 9.82. The molecule has 0 aliphatic carbocycles. The molecule has 3 amide bonds. The molecule has 1 saturated heterocycles. The summed E-state index contributed by atoms with van der Waals surface area (Å²) in [5.74, 6) is -1.26. The van der Waals surface area contributed by atoms with Gasteiger partial charge in [-0.05, 0) is 61.7 Å². The van der Waals surface area contributed by atoms with Crippen LogP contribution in [-0.2, 0) is 14.4 Å². The van der Waals surface area contributed by atoms with Crippen molar-refractivity contribution < 1.29 is 14.4 Å². The summed E-state index contributed by atoms with van der Waals surface area (Å²) in [6.07, 6.45) is 0. The van der Waals surface area contributed by atoms with E-state index < -0.39 is 23.9 Å². The summed E-state index contributed by atoms with van der Waals surface area (Å²) in [6, 6.07) is 8.85. The predicted octanol–water partition coefficient (Wildman–Crippen LogP) is 3.20. The highest BCUT2D eigenvalue weighted by Crippen LogP contribution is 2.32. The van der Waals surface area contributed by atoms with Crippen molar-refractivity contribution in [1.29, 1.82) is 0 Å². The minimum absolute atomic E-state index is 0.212. The number of hydrogen-bond donors (Lipinski definition) is 1. The molecular weight excluding hydrogens is 406 g/mol. The van der Waals surface area contributed by atoms with Crippen molar-refractivity contribution >= 4 is 40.7 Å². The van der Waals surface area contributed by atoms with Crippen molar-refractivity contribution in [2.24, 2.45) is 10.3 Å². The lowest BCUT2D eigenvalue weighted by Gasteiger charge is -2.21. The maximum Gasteiger partial charge on any atom is 0.263 e. The van der Waals surface area contributed by atoms with Crippen LogP contribution in [0.3, 0.4) is 0 Å². The van der Waals surface area contributed by atoms with Crippen LogP contribution in [0.4, 0.5) is 11.4 Å². The Hall–Kier alpha value is -3.26. The van der Waals surface area contributed by atoms with Crippen LogP contribution in [0.5, 0.6) is 0 Å². The fourth-order valence-electron chi connectivity index (χ4n) is 3.77. The summed E-state index contributed by atoms with van der Waals surface area (Å²) in [5, 5.41) is 12.4. The molecule has 1 N–H and O–H groups in total. The minimum atomic E-state index is -0.945. The number of benzene rings is 2. The summed E-state index contributed by atoms with van der Waals surface area (Å²) in [6.45, 7) is 5.38. The van der Waals surface area contributed by atoms with Gasteiger partial charge in [-0.25, -0.2) is 4.90 Å². The quantitative estimate of drug-likeness (QED) is 0.761. The normalized spacial score (nSPS) is 20.1. The van der Waals surface area contributed by atoms with Gasteiger partial charge >= 0.3 is 0 Å². The van der Waals surface area contributed by atoms with E-state index in [0.717, 1.165) is 21.6 Å². The average molecular weight is 426 g/mol. The molecular formula is C21H20ClN5O3. The Kier molecular flexibility index (Phi) is 5.03. The number of carbonyl (C=O) groups excluding carboxylic acids is 3. The number of nitrogens with zero attached hydrogens (tertiary/aromatic N) is 4. The summed E-state index contributed by atoms with van der Waals surface area (Å²) < 4.78 is 0. The first kappa shape index (κ1) is 20.0. The molecule has 0 saturated carbocycles. The van der Waals surface area contributed by atoms with E-state index in [1.54, 1.807) is 37.3 Å². The van der Waals surface area contributed by atoms with Crippen LogP contribution in [0.1, 0.15) is 16.7 Å². The number of imide groups is 1. The second-order valence-electron chi connectivity index (χ2n) is 7.51. The molecule has 0 spiro atoms. The average Bonchev–Trinajstić information content (AvgIpc) is 3.18. The summed E-state index contributed by atoms with van der Waals surface area (Å²) in [5.41, 5.74) is 3.70. The van der Waals surface area contributed by atoms with E-state index in [0.29, 0.717) is 16.4 Å². The lowest BCUT2D eigenvalue weighted by molar-refractivity contribution is -0.123. The van der Waals surface area contributed by atoms with E-state index in [-0.39, 0.29) is 12.5 Å². The van der Waals surface area contributed by atoms with Gasteiger partial charge in [0.1, 0.15) is 6.54 Å². The third-order valence-electron chi connectivity index (χ3n) is 5.17. The molecule has 2 aliphatic heterocycles. The van der Waals surface area contributed by atoms with E-state index in [2.05, 4.69) is 15.7 Å². The van der Waals surface area contributed by atoms with Gasteiger partial charge in [0, 0.05) is 10.7 Å². The Bertz CT molecular complexity index is 1080. The molecule has 8 nitrogen and oxygen atoms in total. The van der Waals surface area contributed by atoms with Crippen LogP contribution in [0, 0.1) is 20.8 Å². The zero-order valence-electron chi connectivity index (χ0n) is 16.7. The Morgan fingerprint density at radius 3 is 2.50 bits per heavy atom. The Morgan fingerprint density at radius 2 is 1.80 bits per heavy atom. The third-order valence-corrected chi connectivity index (χ3v) is 5.58. The van der Waals surface area contributed by atoms with Crippen molar-refractivity contribution in [1.82, 2.24) is 5.01 Å². The molecule has 2 aromatic carbocycles. The Labute approximate surface area is 178 Å². The zero-order chi connectivity index (χ0) is 21.6. The third kappa shape index (κ3) is 3.43. The lowest BCUT2D eigenvalue weighted by Crippen LogP contribution is -2.43. The van der Waals surface area contributed by atoms with Gasteiger partial charge in [-0.1, -0.05) is 29.0 Å². The van der Waals surface area contributed by atoms with Gasteiger partial charge in [0.15, 0.2) is 12.1 Å². The molecule has 2 heterocycles. The predicted molar refractivity (Wildman–Crippen MR) is 112 cm³/mol. The van der Waals surface area contributed by atoms with E-state index in [9.17, 15) is 14.4 Å². The van der Waals surface area contributed by atoms with Crippen molar-refractivity contribution in [3.8, 4) is 0 Å². The van der Waals surface area contributed by atoms with Gasteiger partial charge in [0.25, 0.3) is 11.8 Å². The monoisotopic (exact) mass is 425 g/mol. The van der Waals surface area contributed by atoms with Gasteiger partial charge in [0.05, 0.1) is 5.69 Å². The second-order valence-corrected chi connectivity index (χ2v) is 7.92. The van der Waals surface area contributed by atoms with Crippen molar-refractivity contribution in [3.63, 3.8) is 0 Å². The number of anilines is 2. The Balaban J connectivity index is 1.52. The molecule has 9 heteroatoms. The van der Waals surface area contributed by atoms with Crippen LogP contribution >= 0.6 is 11.6 Å². The number of nitrogens with one attached hydrogen (secondary N) is 1. The fraction of sp³-hybridized carbons (Fsp3) is 0.286. The van der Waals surface area contributed by atoms with Gasteiger partial charge in [-0.3, -0.25) is 19.4 Å². The highest BCUT2D eigenvalue weighted by molar-refractivity contribution is 6.31. The van der Waals surface area contributed by atoms with E-state index >= 15 is 0 Å². The van der Waals surface area contributed by atoms with Gasteiger partial charge < -0.3 is 5.32 Å². The number of hydrogen-bond acceptors (Lipinski definition) is 6. The molecule has 2 aromatic rings. The largest absolute Gasteiger partial charge is 0.324 e. The summed E-state index contributed by atoms with van der Waals surface area (Å²) in [4.78, 5) is 39.6. The number of rotatable bonds is 4. The fourth-order valence-corrected chi connectivity index (χ4v) is 3.94. The van der Waals surface area contributed by atoms with Gasteiger partial charge in [-0.15, -0.1) is 0 Å². The molecule has 0 bridgehead atoms. The smallest absolute Gasteiger partial charge is 0.263 e. The lowest BCUT2D eigenvalue weighted by atomic mass is 10.1. The number of carbonyl (C=O) groups is 3. The highest BCUT2D eigenvalue weighted by atomic mass is 35.5. The SMILES string of the molecule is Cc1cc(C)cc(N2C(=O)[C@H]3N=NN(CC(=O)Nc4cccc(Cl)c4C)[C@@H]3C2=O)c1. The zero-order valence-corrected chi connectivity index (χ0v) is 17.5. The molecule has 0 unspecified atom stereocenters. The van der Waals surface area contributed by atoms with Crippen LogP contribution in [0.25, 0.3) is 0 Å². The van der Waals surface area contributed by atoms with Crippen molar-refractivity contribution in [3.05, 3.63) is 58.1 Å². The van der Waals surface area contributed by atoms with Crippen LogP contribution in [0.2, 0.25) is 5.02 Å². The number of amides is 3. The first-order chi connectivity index (χ1) is 14.3. The second kappa shape index (κ2) is 7.53. The van der Waals surface area contributed by atoms with Crippen molar-refractivity contribution in [2.45, 2.75) is 32.9 Å². The minimum Gasteiger partial charge on any atom is -0.324 e. The molecule has 4 rings (SSSR count). The van der Waals surface area contributed by atoms with Crippen LogP contribution in [0.15, 0.2) is 46.7 Å². The highest BCUT2D eigenvalue weighted by Gasteiger charge is 2.55. The van der Waals surface area contributed by atoms with E-state index in [1.165, 1.54) is 5.01 Å². The Morgan fingerprint density at radius 1 is 1.10 bits per heavy atom. The van der Waals surface area contributed by atoms with Crippen LogP contribution < -0.4 is 10.2 Å². The molecule has 154 valence electrons.